The average Bonchev–Trinajstić information content (AvgIpc) is 2.74. The summed E-state index contributed by atoms with van der Waals surface area (Å²) >= 11 is 1.70. The lowest BCUT2D eigenvalue weighted by atomic mass is 10.2. The van der Waals surface area contributed by atoms with Gasteiger partial charge in [-0.15, -0.1) is 11.3 Å². The molecule has 0 amide bonds. The minimum Gasteiger partial charge on any atom is -0.304 e. The van der Waals surface area contributed by atoms with Crippen LogP contribution in [0.15, 0.2) is 29.9 Å². The van der Waals surface area contributed by atoms with Gasteiger partial charge in [0, 0.05) is 23.7 Å². The second-order valence-corrected chi connectivity index (χ2v) is 4.61. The van der Waals surface area contributed by atoms with E-state index >= 15 is 0 Å². The van der Waals surface area contributed by atoms with Crippen LogP contribution in [0.3, 0.4) is 0 Å². The van der Waals surface area contributed by atoms with Crippen molar-refractivity contribution in [2.24, 2.45) is 0 Å². The molecule has 84 valence electrons. The minimum atomic E-state index is 0.328. The zero-order valence-electron chi connectivity index (χ0n) is 9.47. The van der Waals surface area contributed by atoms with Crippen LogP contribution in [0, 0.1) is 6.92 Å². The number of nitrogens with one attached hydrogen (secondary N) is 1. The number of hydrogen-bond acceptors (Lipinski definition) is 4. The van der Waals surface area contributed by atoms with Crippen molar-refractivity contribution in [2.75, 3.05) is 0 Å². The van der Waals surface area contributed by atoms with Gasteiger partial charge in [0.15, 0.2) is 0 Å². The Morgan fingerprint density at radius 2 is 2.25 bits per heavy atom. The van der Waals surface area contributed by atoms with Gasteiger partial charge >= 0.3 is 0 Å². The molecule has 16 heavy (non-hydrogen) atoms. The van der Waals surface area contributed by atoms with Crippen molar-refractivity contribution in [3.05, 3.63) is 46.2 Å². The molecule has 0 aromatic carbocycles. The van der Waals surface area contributed by atoms with Gasteiger partial charge in [0.25, 0.3) is 0 Å². The van der Waals surface area contributed by atoms with Crippen molar-refractivity contribution in [2.45, 2.75) is 26.4 Å². The molecule has 3 nitrogen and oxygen atoms in total. The summed E-state index contributed by atoms with van der Waals surface area (Å²) in [4.78, 5) is 9.84. The van der Waals surface area contributed by atoms with Crippen LogP contribution in [0.5, 0.6) is 0 Å². The van der Waals surface area contributed by atoms with E-state index in [9.17, 15) is 0 Å². The Morgan fingerprint density at radius 1 is 1.38 bits per heavy atom. The Hall–Kier alpha value is -1.26. The molecule has 2 rings (SSSR count). The first-order valence-corrected chi connectivity index (χ1v) is 6.18. The summed E-state index contributed by atoms with van der Waals surface area (Å²) < 4.78 is 0. The Labute approximate surface area is 99.6 Å². The molecule has 0 aliphatic heterocycles. The molecule has 0 saturated carbocycles. The lowest BCUT2D eigenvalue weighted by Gasteiger charge is -2.12. The molecular weight excluding hydrogens is 218 g/mol. The second kappa shape index (κ2) is 5.18. The number of rotatable bonds is 4. The second-order valence-electron chi connectivity index (χ2n) is 3.73. The maximum atomic E-state index is 4.28. The first kappa shape index (κ1) is 11.2. The summed E-state index contributed by atoms with van der Waals surface area (Å²) in [5, 5.41) is 3.45. The predicted octanol–water partition coefficient (Wildman–Crippen LogP) is 2.70. The largest absolute Gasteiger partial charge is 0.304 e. The molecular formula is C12H15N3S. The van der Waals surface area contributed by atoms with Crippen LogP contribution in [0.4, 0.5) is 0 Å². The maximum absolute atomic E-state index is 4.28. The third-order valence-electron chi connectivity index (χ3n) is 2.49. The van der Waals surface area contributed by atoms with Crippen LogP contribution in [-0.4, -0.2) is 9.97 Å². The van der Waals surface area contributed by atoms with Gasteiger partial charge in [-0.2, -0.15) is 0 Å². The molecule has 0 saturated heterocycles. The minimum absolute atomic E-state index is 0.328. The first-order chi connectivity index (χ1) is 7.77. The van der Waals surface area contributed by atoms with E-state index in [1.54, 1.807) is 11.3 Å². The first-order valence-electron chi connectivity index (χ1n) is 5.30. The van der Waals surface area contributed by atoms with Crippen LogP contribution < -0.4 is 5.32 Å². The van der Waals surface area contributed by atoms with E-state index in [2.05, 4.69) is 22.2 Å². The molecule has 1 N–H and O–H groups in total. The normalized spacial score (nSPS) is 12.6. The van der Waals surface area contributed by atoms with Gasteiger partial charge in [0.2, 0.25) is 0 Å². The Bertz CT molecular complexity index is 439. The lowest BCUT2D eigenvalue weighted by molar-refractivity contribution is 0.572. The van der Waals surface area contributed by atoms with E-state index in [0.29, 0.717) is 6.04 Å². The molecule has 1 unspecified atom stereocenters. The SMILES string of the molecule is Cc1ncsc1C(C)NCc1ccccn1. The van der Waals surface area contributed by atoms with E-state index in [4.69, 9.17) is 0 Å². The Morgan fingerprint density at radius 3 is 2.88 bits per heavy atom. The summed E-state index contributed by atoms with van der Waals surface area (Å²) in [6.07, 6.45) is 1.82. The third-order valence-corrected chi connectivity index (χ3v) is 3.61. The molecule has 2 heterocycles. The predicted molar refractivity (Wildman–Crippen MR) is 66.3 cm³/mol. The molecule has 0 bridgehead atoms. The van der Waals surface area contributed by atoms with Crippen molar-refractivity contribution in [1.29, 1.82) is 0 Å². The van der Waals surface area contributed by atoms with E-state index in [-0.39, 0.29) is 0 Å². The fourth-order valence-corrected chi connectivity index (χ4v) is 2.41. The van der Waals surface area contributed by atoms with Gasteiger partial charge in [-0.1, -0.05) is 6.07 Å². The number of aryl methyl sites for hydroxylation is 1. The summed E-state index contributed by atoms with van der Waals surface area (Å²) in [5.74, 6) is 0. The Kier molecular flexibility index (Phi) is 3.64. The molecule has 2 aromatic heterocycles. The smallest absolute Gasteiger partial charge is 0.0798 e. The quantitative estimate of drug-likeness (QED) is 0.882. The number of aromatic nitrogens is 2. The fourth-order valence-electron chi connectivity index (χ4n) is 1.58. The molecule has 0 fully saturated rings. The monoisotopic (exact) mass is 233 g/mol. The van der Waals surface area contributed by atoms with Gasteiger partial charge in [-0.05, 0) is 26.0 Å². The number of nitrogens with zero attached hydrogens (tertiary/aromatic N) is 2. The maximum Gasteiger partial charge on any atom is 0.0798 e. The molecule has 0 aliphatic rings. The third kappa shape index (κ3) is 2.65. The van der Waals surface area contributed by atoms with Crippen molar-refractivity contribution in [3.63, 3.8) is 0 Å². The molecule has 1 atom stereocenters. The number of pyridine rings is 1. The van der Waals surface area contributed by atoms with Gasteiger partial charge < -0.3 is 5.32 Å². The molecule has 0 radical (unpaired) electrons. The summed E-state index contributed by atoms with van der Waals surface area (Å²) in [5.41, 5.74) is 4.08. The Balaban J connectivity index is 1.94. The van der Waals surface area contributed by atoms with E-state index in [0.717, 1.165) is 17.9 Å². The highest BCUT2D eigenvalue weighted by molar-refractivity contribution is 7.09. The number of thiazole rings is 1. The van der Waals surface area contributed by atoms with Crippen LogP contribution >= 0.6 is 11.3 Å². The summed E-state index contributed by atoms with van der Waals surface area (Å²) in [6.45, 7) is 4.99. The van der Waals surface area contributed by atoms with Gasteiger partial charge in [0.05, 0.1) is 16.9 Å². The van der Waals surface area contributed by atoms with Crippen molar-refractivity contribution in [1.82, 2.24) is 15.3 Å². The highest BCUT2D eigenvalue weighted by Gasteiger charge is 2.10. The highest BCUT2D eigenvalue weighted by Crippen LogP contribution is 2.21. The van der Waals surface area contributed by atoms with Gasteiger partial charge in [-0.3, -0.25) is 4.98 Å². The van der Waals surface area contributed by atoms with Crippen LogP contribution in [-0.2, 0) is 6.54 Å². The van der Waals surface area contributed by atoms with Gasteiger partial charge in [-0.25, -0.2) is 4.98 Å². The van der Waals surface area contributed by atoms with E-state index in [1.165, 1.54) is 4.88 Å². The van der Waals surface area contributed by atoms with Crippen LogP contribution in [0.1, 0.15) is 29.2 Å². The molecule has 0 spiro atoms. The average molecular weight is 233 g/mol. The topological polar surface area (TPSA) is 37.8 Å². The van der Waals surface area contributed by atoms with Crippen LogP contribution in [0.25, 0.3) is 0 Å². The van der Waals surface area contributed by atoms with Gasteiger partial charge in [0.1, 0.15) is 0 Å². The van der Waals surface area contributed by atoms with Crippen molar-refractivity contribution >= 4 is 11.3 Å². The summed E-state index contributed by atoms with van der Waals surface area (Å²) in [6, 6.07) is 6.29. The van der Waals surface area contributed by atoms with Crippen molar-refractivity contribution < 1.29 is 0 Å². The van der Waals surface area contributed by atoms with Crippen LogP contribution in [0.2, 0.25) is 0 Å². The molecule has 2 aromatic rings. The fraction of sp³-hybridized carbons (Fsp3) is 0.333. The zero-order chi connectivity index (χ0) is 11.4. The number of hydrogen-bond donors (Lipinski definition) is 1. The molecule has 4 heteroatoms. The standard InChI is InChI=1S/C12H15N3S/c1-9(12-10(2)15-8-16-12)14-7-11-5-3-4-6-13-11/h3-6,8-9,14H,7H2,1-2H3. The van der Waals surface area contributed by atoms with E-state index < -0.39 is 0 Å². The van der Waals surface area contributed by atoms with E-state index in [1.807, 2.05) is 36.8 Å². The van der Waals surface area contributed by atoms with Crippen molar-refractivity contribution in [3.8, 4) is 0 Å². The highest BCUT2D eigenvalue weighted by atomic mass is 32.1. The summed E-state index contributed by atoms with van der Waals surface area (Å²) in [7, 11) is 0. The molecule has 0 aliphatic carbocycles. The zero-order valence-corrected chi connectivity index (χ0v) is 10.3. The lowest BCUT2D eigenvalue weighted by Crippen LogP contribution is -2.18.